The summed E-state index contributed by atoms with van der Waals surface area (Å²) in [5.41, 5.74) is 2.57. The lowest BCUT2D eigenvalue weighted by Crippen LogP contribution is -2.22. The van der Waals surface area contributed by atoms with Crippen LogP contribution in [0.15, 0.2) is 73.1 Å². The summed E-state index contributed by atoms with van der Waals surface area (Å²) in [4.78, 5) is 16.2. The van der Waals surface area contributed by atoms with Gasteiger partial charge < -0.3 is 10.1 Å². The highest BCUT2D eigenvalue weighted by Crippen LogP contribution is 2.14. The lowest BCUT2D eigenvalue weighted by molar-refractivity contribution is 0.0951. The number of hydrogen-bond donors (Lipinski definition) is 1. The molecule has 0 aliphatic heterocycles. The molecule has 3 rings (SSSR count). The summed E-state index contributed by atoms with van der Waals surface area (Å²) in [6.07, 6.45) is 3.49. The van der Waals surface area contributed by atoms with Crippen molar-refractivity contribution in [2.75, 3.05) is 0 Å². The molecule has 0 unspecified atom stereocenters. The Labute approximate surface area is 151 Å². The SMILES string of the molecule is O=C(NCc1ccc(Cl)cc1)c1ccc(OCc2cccnc2)cc1. The van der Waals surface area contributed by atoms with E-state index in [1.807, 2.05) is 24.3 Å². The first-order valence-corrected chi connectivity index (χ1v) is 8.23. The van der Waals surface area contributed by atoms with Crippen LogP contribution < -0.4 is 10.1 Å². The molecule has 25 heavy (non-hydrogen) atoms. The Bertz CT molecular complexity index is 819. The van der Waals surface area contributed by atoms with Crippen LogP contribution in [0.25, 0.3) is 0 Å². The lowest BCUT2D eigenvalue weighted by Gasteiger charge is -2.08. The van der Waals surface area contributed by atoms with E-state index in [1.165, 1.54) is 0 Å². The van der Waals surface area contributed by atoms with Crippen LogP contribution in [0.3, 0.4) is 0 Å². The molecule has 0 atom stereocenters. The number of hydrogen-bond acceptors (Lipinski definition) is 3. The molecule has 0 aliphatic carbocycles. The van der Waals surface area contributed by atoms with Crippen molar-refractivity contribution < 1.29 is 9.53 Å². The number of nitrogens with zero attached hydrogens (tertiary/aromatic N) is 1. The van der Waals surface area contributed by atoms with E-state index in [0.29, 0.717) is 29.5 Å². The zero-order chi connectivity index (χ0) is 17.5. The van der Waals surface area contributed by atoms with Crippen molar-refractivity contribution in [1.82, 2.24) is 10.3 Å². The smallest absolute Gasteiger partial charge is 0.251 e. The molecule has 3 aromatic rings. The summed E-state index contributed by atoms with van der Waals surface area (Å²) in [6, 6.07) is 18.3. The fourth-order valence-electron chi connectivity index (χ4n) is 2.24. The topological polar surface area (TPSA) is 51.2 Å². The van der Waals surface area contributed by atoms with Crippen molar-refractivity contribution >= 4 is 17.5 Å². The van der Waals surface area contributed by atoms with Crippen molar-refractivity contribution in [3.05, 3.63) is 94.8 Å². The van der Waals surface area contributed by atoms with E-state index >= 15 is 0 Å². The van der Waals surface area contributed by atoms with Crippen LogP contribution in [0.2, 0.25) is 5.02 Å². The molecule has 1 aromatic heterocycles. The third kappa shape index (κ3) is 5.06. The number of carbonyl (C=O) groups is 1. The molecule has 0 radical (unpaired) electrons. The third-order valence-electron chi connectivity index (χ3n) is 3.61. The molecule has 0 spiro atoms. The summed E-state index contributed by atoms with van der Waals surface area (Å²) < 4.78 is 5.68. The molecule has 0 saturated heterocycles. The van der Waals surface area contributed by atoms with Gasteiger partial charge in [-0.1, -0.05) is 29.8 Å². The van der Waals surface area contributed by atoms with Crippen LogP contribution in [0.4, 0.5) is 0 Å². The van der Waals surface area contributed by atoms with Crippen molar-refractivity contribution in [3.8, 4) is 5.75 Å². The number of benzene rings is 2. The van der Waals surface area contributed by atoms with E-state index in [4.69, 9.17) is 16.3 Å². The number of nitrogens with one attached hydrogen (secondary N) is 1. The Kier molecular flexibility index (Phi) is 5.65. The minimum absolute atomic E-state index is 0.131. The van der Waals surface area contributed by atoms with E-state index in [0.717, 1.165) is 11.1 Å². The van der Waals surface area contributed by atoms with Crippen LogP contribution in [0.1, 0.15) is 21.5 Å². The van der Waals surface area contributed by atoms with Crippen molar-refractivity contribution in [2.24, 2.45) is 0 Å². The van der Waals surface area contributed by atoms with Crippen molar-refractivity contribution in [3.63, 3.8) is 0 Å². The molecule has 4 nitrogen and oxygen atoms in total. The first kappa shape index (κ1) is 17.0. The summed E-state index contributed by atoms with van der Waals surface area (Å²) in [5, 5.41) is 3.56. The molecule has 0 fully saturated rings. The fraction of sp³-hybridized carbons (Fsp3) is 0.100. The molecule has 2 aromatic carbocycles. The van der Waals surface area contributed by atoms with Crippen LogP contribution in [-0.4, -0.2) is 10.9 Å². The number of rotatable bonds is 6. The maximum Gasteiger partial charge on any atom is 0.251 e. The van der Waals surface area contributed by atoms with E-state index in [2.05, 4.69) is 10.3 Å². The largest absolute Gasteiger partial charge is 0.489 e. The number of carbonyl (C=O) groups excluding carboxylic acids is 1. The number of aromatic nitrogens is 1. The molecule has 1 N–H and O–H groups in total. The van der Waals surface area contributed by atoms with Crippen molar-refractivity contribution in [1.29, 1.82) is 0 Å². The monoisotopic (exact) mass is 352 g/mol. The number of amides is 1. The standard InChI is InChI=1S/C20H17ClN2O2/c21-18-7-3-15(4-8-18)13-23-20(24)17-5-9-19(10-6-17)25-14-16-2-1-11-22-12-16/h1-12H,13-14H2,(H,23,24). The average Bonchev–Trinajstić information content (AvgIpc) is 2.67. The van der Waals surface area contributed by atoms with Crippen molar-refractivity contribution in [2.45, 2.75) is 13.2 Å². The zero-order valence-corrected chi connectivity index (χ0v) is 14.2. The second-order valence-electron chi connectivity index (χ2n) is 5.48. The quantitative estimate of drug-likeness (QED) is 0.721. The normalized spacial score (nSPS) is 10.3. The fourth-order valence-corrected chi connectivity index (χ4v) is 2.37. The Morgan fingerprint density at radius 1 is 1.00 bits per heavy atom. The van der Waals surface area contributed by atoms with Gasteiger partial charge in [0.25, 0.3) is 5.91 Å². The molecule has 5 heteroatoms. The van der Waals surface area contributed by atoms with Crippen LogP contribution in [-0.2, 0) is 13.2 Å². The third-order valence-corrected chi connectivity index (χ3v) is 3.86. The minimum Gasteiger partial charge on any atom is -0.489 e. The van der Waals surface area contributed by atoms with Gasteiger partial charge in [-0.05, 0) is 48.0 Å². The number of halogens is 1. The van der Waals surface area contributed by atoms with E-state index in [-0.39, 0.29) is 5.91 Å². The van der Waals surface area contributed by atoms with E-state index in [1.54, 1.807) is 48.8 Å². The first-order valence-electron chi connectivity index (χ1n) is 7.85. The van der Waals surface area contributed by atoms with Gasteiger partial charge in [-0.2, -0.15) is 0 Å². The number of ether oxygens (including phenoxy) is 1. The highest BCUT2D eigenvalue weighted by molar-refractivity contribution is 6.30. The Morgan fingerprint density at radius 3 is 2.44 bits per heavy atom. The summed E-state index contributed by atoms with van der Waals surface area (Å²) >= 11 is 5.85. The lowest BCUT2D eigenvalue weighted by atomic mass is 10.2. The predicted octanol–water partition coefficient (Wildman–Crippen LogP) is 4.24. The second-order valence-corrected chi connectivity index (χ2v) is 5.92. The Morgan fingerprint density at radius 2 is 1.76 bits per heavy atom. The van der Waals surface area contributed by atoms with E-state index in [9.17, 15) is 4.79 Å². The molecule has 1 heterocycles. The number of pyridine rings is 1. The van der Waals surface area contributed by atoms with Gasteiger partial charge in [0.05, 0.1) is 0 Å². The Hall–Kier alpha value is -2.85. The highest BCUT2D eigenvalue weighted by Gasteiger charge is 2.06. The minimum atomic E-state index is -0.131. The molecular formula is C20H17ClN2O2. The maximum atomic E-state index is 12.2. The summed E-state index contributed by atoms with van der Waals surface area (Å²) in [5.74, 6) is 0.576. The van der Waals surface area contributed by atoms with Gasteiger partial charge in [-0.25, -0.2) is 0 Å². The van der Waals surface area contributed by atoms with Gasteiger partial charge in [-0.15, -0.1) is 0 Å². The maximum absolute atomic E-state index is 12.2. The highest BCUT2D eigenvalue weighted by atomic mass is 35.5. The molecule has 0 bridgehead atoms. The van der Waals surface area contributed by atoms with Crippen LogP contribution in [0, 0.1) is 0 Å². The molecular weight excluding hydrogens is 336 g/mol. The van der Waals surface area contributed by atoms with Gasteiger partial charge in [0.15, 0.2) is 0 Å². The molecule has 0 saturated carbocycles. The van der Waals surface area contributed by atoms with Gasteiger partial charge >= 0.3 is 0 Å². The van der Waals surface area contributed by atoms with Gasteiger partial charge in [0.2, 0.25) is 0 Å². The summed E-state index contributed by atoms with van der Waals surface area (Å²) in [6.45, 7) is 0.894. The Balaban J connectivity index is 1.52. The zero-order valence-electron chi connectivity index (χ0n) is 13.5. The second kappa shape index (κ2) is 8.31. The average molecular weight is 353 g/mol. The molecule has 1 amide bonds. The summed E-state index contributed by atoms with van der Waals surface area (Å²) in [7, 11) is 0. The molecule has 126 valence electrons. The van der Waals surface area contributed by atoms with Gasteiger partial charge in [0, 0.05) is 35.1 Å². The van der Waals surface area contributed by atoms with Gasteiger partial charge in [-0.3, -0.25) is 9.78 Å². The predicted molar refractivity (Wildman–Crippen MR) is 97.6 cm³/mol. The van der Waals surface area contributed by atoms with E-state index < -0.39 is 0 Å². The van der Waals surface area contributed by atoms with Crippen LogP contribution in [0.5, 0.6) is 5.75 Å². The first-order chi connectivity index (χ1) is 12.2. The molecule has 0 aliphatic rings. The van der Waals surface area contributed by atoms with Crippen LogP contribution >= 0.6 is 11.6 Å². The van der Waals surface area contributed by atoms with Gasteiger partial charge in [0.1, 0.15) is 12.4 Å².